The predicted molar refractivity (Wildman–Crippen MR) is 95.3 cm³/mol. The first-order chi connectivity index (χ1) is 11.7. The van der Waals surface area contributed by atoms with E-state index in [4.69, 9.17) is 0 Å². The van der Waals surface area contributed by atoms with Crippen LogP contribution >= 0.6 is 0 Å². The molecule has 0 N–H and O–H groups in total. The number of benzene rings is 2. The van der Waals surface area contributed by atoms with E-state index in [1.165, 1.54) is 0 Å². The Balaban J connectivity index is 1.48. The van der Waals surface area contributed by atoms with Crippen molar-refractivity contribution in [1.82, 2.24) is 14.5 Å². The number of piperazine rings is 1. The molecule has 0 aliphatic carbocycles. The van der Waals surface area contributed by atoms with Crippen LogP contribution in [0.2, 0.25) is 0 Å². The molecular weight excluding hydrogens is 300 g/mol. The molecule has 3 aromatic rings. The molecule has 1 aromatic heterocycles. The molecule has 5 nitrogen and oxygen atoms in total. The summed E-state index contributed by atoms with van der Waals surface area (Å²) in [6.07, 6.45) is 3.75. The topological polar surface area (TPSA) is 41.4 Å². The highest BCUT2D eigenvalue weighted by Crippen LogP contribution is 2.19. The summed E-state index contributed by atoms with van der Waals surface area (Å²) in [6, 6.07) is 14.1. The molecule has 1 amide bonds. The van der Waals surface area contributed by atoms with Crippen LogP contribution in [0.3, 0.4) is 0 Å². The largest absolute Gasteiger partial charge is 0.339 e. The lowest BCUT2D eigenvalue weighted by molar-refractivity contribution is 0.0746. The summed E-state index contributed by atoms with van der Waals surface area (Å²) < 4.78 is 2.01. The molecule has 0 unspecified atom stereocenters. The van der Waals surface area contributed by atoms with Gasteiger partial charge >= 0.3 is 0 Å². The van der Waals surface area contributed by atoms with Gasteiger partial charge in [-0.05, 0) is 22.9 Å². The van der Waals surface area contributed by atoms with Gasteiger partial charge in [0.2, 0.25) is 5.95 Å². The van der Waals surface area contributed by atoms with Gasteiger partial charge in [0.15, 0.2) is 0 Å². The molecule has 1 saturated heterocycles. The number of nitrogens with zero attached hydrogens (tertiary/aromatic N) is 4. The third kappa shape index (κ3) is 2.62. The quantitative estimate of drug-likeness (QED) is 0.728. The van der Waals surface area contributed by atoms with Crippen LogP contribution < -0.4 is 4.90 Å². The highest BCUT2D eigenvalue weighted by atomic mass is 16.2. The summed E-state index contributed by atoms with van der Waals surface area (Å²) in [4.78, 5) is 21.3. The van der Waals surface area contributed by atoms with Crippen molar-refractivity contribution in [2.24, 2.45) is 7.05 Å². The molecule has 1 aliphatic heterocycles. The second kappa shape index (κ2) is 6.00. The van der Waals surface area contributed by atoms with Gasteiger partial charge in [-0.15, -0.1) is 0 Å². The maximum Gasteiger partial charge on any atom is 0.253 e. The van der Waals surface area contributed by atoms with Crippen molar-refractivity contribution in [2.45, 2.75) is 0 Å². The molecule has 122 valence electrons. The number of hydrogen-bond donors (Lipinski definition) is 0. The first kappa shape index (κ1) is 14.8. The smallest absolute Gasteiger partial charge is 0.253 e. The third-order valence-electron chi connectivity index (χ3n) is 4.64. The number of rotatable bonds is 2. The second-order valence-corrected chi connectivity index (χ2v) is 6.18. The van der Waals surface area contributed by atoms with Crippen LogP contribution in [0.15, 0.2) is 54.9 Å². The summed E-state index contributed by atoms with van der Waals surface area (Å²) in [7, 11) is 1.99. The van der Waals surface area contributed by atoms with E-state index in [0.29, 0.717) is 0 Å². The Morgan fingerprint density at radius 3 is 2.46 bits per heavy atom. The number of fused-ring (bicyclic) bond motifs is 1. The van der Waals surface area contributed by atoms with Gasteiger partial charge in [-0.25, -0.2) is 4.98 Å². The van der Waals surface area contributed by atoms with Crippen molar-refractivity contribution < 1.29 is 4.79 Å². The number of anilines is 1. The molecule has 0 bridgehead atoms. The van der Waals surface area contributed by atoms with Gasteiger partial charge in [-0.3, -0.25) is 4.79 Å². The summed E-state index contributed by atoms with van der Waals surface area (Å²) in [6.45, 7) is 3.06. The lowest BCUT2D eigenvalue weighted by atomic mass is 10.1. The van der Waals surface area contributed by atoms with Gasteiger partial charge < -0.3 is 14.4 Å². The van der Waals surface area contributed by atoms with Crippen LogP contribution in [-0.2, 0) is 7.05 Å². The van der Waals surface area contributed by atoms with E-state index in [0.717, 1.165) is 48.5 Å². The molecule has 2 heterocycles. The predicted octanol–water partition coefficient (Wildman–Crippen LogP) is 2.54. The summed E-state index contributed by atoms with van der Waals surface area (Å²) in [5.74, 6) is 1.08. The van der Waals surface area contributed by atoms with Crippen molar-refractivity contribution >= 4 is 22.6 Å². The van der Waals surface area contributed by atoms with Crippen LogP contribution in [0, 0.1) is 0 Å². The maximum atomic E-state index is 12.8. The van der Waals surface area contributed by atoms with Crippen molar-refractivity contribution in [1.29, 1.82) is 0 Å². The SMILES string of the molecule is Cn1ccnc1N1CCN(C(=O)c2ccc3ccccc3c2)CC1. The van der Waals surface area contributed by atoms with Crippen LogP contribution in [0.25, 0.3) is 10.8 Å². The minimum Gasteiger partial charge on any atom is -0.339 e. The van der Waals surface area contributed by atoms with Crippen molar-refractivity contribution in [2.75, 3.05) is 31.1 Å². The van der Waals surface area contributed by atoms with Gasteiger partial charge in [0.1, 0.15) is 0 Å². The Bertz CT molecular complexity index is 878. The zero-order chi connectivity index (χ0) is 16.5. The molecule has 24 heavy (non-hydrogen) atoms. The Morgan fingerprint density at radius 2 is 1.75 bits per heavy atom. The Morgan fingerprint density at radius 1 is 1.00 bits per heavy atom. The lowest BCUT2D eigenvalue weighted by Crippen LogP contribution is -2.49. The fourth-order valence-electron chi connectivity index (χ4n) is 3.28. The number of amides is 1. The molecule has 0 radical (unpaired) electrons. The first-order valence-electron chi connectivity index (χ1n) is 8.23. The van der Waals surface area contributed by atoms with Gasteiger partial charge in [0.05, 0.1) is 0 Å². The van der Waals surface area contributed by atoms with Crippen molar-refractivity contribution in [3.05, 3.63) is 60.4 Å². The monoisotopic (exact) mass is 320 g/mol. The zero-order valence-corrected chi connectivity index (χ0v) is 13.7. The van der Waals surface area contributed by atoms with Gasteiger partial charge in [-0.2, -0.15) is 0 Å². The van der Waals surface area contributed by atoms with E-state index < -0.39 is 0 Å². The molecule has 0 spiro atoms. The summed E-state index contributed by atoms with van der Waals surface area (Å²) in [5, 5.41) is 2.27. The lowest BCUT2D eigenvalue weighted by Gasteiger charge is -2.35. The Kier molecular flexibility index (Phi) is 3.69. The van der Waals surface area contributed by atoms with Crippen LogP contribution in [0.5, 0.6) is 0 Å². The normalized spacial score (nSPS) is 15.0. The third-order valence-corrected chi connectivity index (χ3v) is 4.64. The molecule has 2 aromatic carbocycles. The first-order valence-corrected chi connectivity index (χ1v) is 8.23. The minimum atomic E-state index is 0.111. The molecule has 1 aliphatic rings. The molecular formula is C19H20N4O. The van der Waals surface area contributed by atoms with Crippen LogP contribution in [-0.4, -0.2) is 46.5 Å². The van der Waals surface area contributed by atoms with Gasteiger partial charge in [0.25, 0.3) is 5.91 Å². The number of imidazole rings is 1. The van der Waals surface area contributed by atoms with E-state index in [9.17, 15) is 4.79 Å². The number of aryl methyl sites for hydroxylation is 1. The average Bonchev–Trinajstić information content (AvgIpc) is 3.07. The fourth-order valence-corrected chi connectivity index (χ4v) is 3.28. The van der Waals surface area contributed by atoms with Crippen molar-refractivity contribution in [3.8, 4) is 0 Å². The maximum absolute atomic E-state index is 12.8. The fraction of sp³-hybridized carbons (Fsp3) is 0.263. The van der Waals surface area contributed by atoms with Gasteiger partial charge in [0, 0.05) is 51.2 Å². The van der Waals surface area contributed by atoms with E-state index in [1.54, 1.807) is 0 Å². The highest BCUT2D eigenvalue weighted by Gasteiger charge is 2.23. The van der Waals surface area contributed by atoms with E-state index in [2.05, 4.69) is 16.0 Å². The Labute approximate surface area is 141 Å². The number of carbonyl (C=O) groups excluding carboxylic acids is 1. The van der Waals surface area contributed by atoms with Crippen molar-refractivity contribution in [3.63, 3.8) is 0 Å². The second-order valence-electron chi connectivity index (χ2n) is 6.18. The van der Waals surface area contributed by atoms with E-state index >= 15 is 0 Å². The highest BCUT2D eigenvalue weighted by molar-refractivity contribution is 5.98. The van der Waals surface area contributed by atoms with Crippen LogP contribution in [0.4, 0.5) is 5.95 Å². The minimum absolute atomic E-state index is 0.111. The van der Waals surface area contributed by atoms with E-state index in [-0.39, 0.29) is 5.91 Å². The van der Waals surface area contributed by atoms with Crippen LogP contribution in [0.1, 0.15) is 10.4 Å². The standard InChI is InChI=1S/C19H20N4O/c1-21-9-8-20-19(21)23-12-10-22(11-13-23)18(24)17-7-6-15-4-2-3-5-16(15)14-17/h2-9,14H,10-13H2,1H3. The molecule has 4 rings (SSSR count). The Hall–Kier alpha value is -2.82. The number of aromatic nitrogens is 2. The number of hydrogen-bond acceptors (Lipinski definition) is 3. The number of carbonyl (C=O) groups is 1. The van der Waals surface area contributed by atoms with Gasteiger partial charge in [-0.1, -0.05) is 30.3 Å². The molecule has 0 saturated carbocycles. The molecule has 5 heteroatoms. The molecule has 0 atom stereocenters. The summed E-state index contributed by atoms with van der Waals surface area (Å²) >= 11 is 0. The molecule has 1 fully saturated rings. The average molecular weight is 320 g/mol. The van der Waals surface area contributed by atoms with E-state index in [1.807, 2.05) is 65.3 Å². The summed E-state index contributed by atoms with van der Waals surface area (Å²) in [5.41, 5.74) is 0.763. The zero-order valence-electron chi connectivity index (χ0n) is 13.7.